The van der Waals surface area contributed by atoms with Crippen LogP contribution >= 0.6 is 23.2 Å². The molecule has 1 N–H and O–H groups in total. The molecule has 0 bridgehead atoms. The number of methoxy groups -OCH3 is 2. The molecule has 0 aliphatic heterocycles. The number of amides is 2. The number of benzene rings is 3. The van der Waals surface area contributed by atoms with E-state index in [1.54, 1.807) is 24.3 Å². The van der Waals surface area contributed by atoms with Crippen molar-refractivity contribution in [2.45, 2.75) is 45.3 Å². The molecule has 0 aliphatic carbocycles. The summed E-state index contributed by atoms with van der Waals surface area (Å²) in [4.78, 5) is 29.5. The molecule has 0 aliphatic rings. The van der Waals surface area contributed by atoms with Gasteiger partial charge in [-0.15, -0.1) is 0 Å². The maximum atomic E-state index is 14.3. The van der Waals surface area contributed by atoms with Gasteiger partial charge in [0.25, 0.3) is 0 Å². The molecule has 0 heterocycles. The van der Waals surface area contributed by atoms with Gasteiger partial charge in [0, 0.05) is 24.6 Å². The fourth-order valence-corrected chi connectivity index (χ4v) is 5.60. The van der Waals surface area contributed by atoms with Crippen LogP contribution in [0.4, 0.5) is 5.69 Å². The number of carbonyl (C=O) groups excluding carboxylic acids is 2. The van der Waals surface area contributed by atoms with Crippen molar-refractivity contribution in [3.63, 3.8) is 0 Å². The topological polar surface area (TPSA) is 105 Å². The molecular weight excluding hydrogens is 613 g/mol. The van der Waals surface area contributed by atoms with E-state index >= 15 is 0 Å². The minimum Gasteiger partial charge on any atom is -0.497 e. The highest BCUT2D eigenvalue weighted by molar-refractivity contribution is 7.92. The third-order valence-electron chi connectivity index (χ3n) is 6.44. The summed E-state index contributed by atoms with van der Waals surface area (Å²) in [5.74, 6) is -0.361. The molecule has 0 radical (unpaired) electrons. The van der Waals surface area contributed by atoms with Crippen molar-refractivity contribution in [3.05, 3.63) is 87.9 Å². The average molecular weight is 651 g/mol. The summed E-state index contributed by atoms with van der Waals surface area (Å²) in [6.45, 7) is 4.89. The zero-order valence-electron chi connectivity index (χ0n) is 25.1. The Morgan fingerprint density at radius 2 is 1.58 bits per heavy atom. The van der Waals surface area contributed by atoms with Gasteiger partial charge < -0.3 is 19.7 Å². The zero-order valence-corrected chi connectivity index (χ0v) is 27.4. The minimum absolute atomic E-state index is 0.0395. The molecule has 2 amide bonds. The Morgan fingerprint density at radius 1 is 0.907 bits per heavy atom. The van der Waals surface area contributed by atoms with Crippen LogP contribution in [-0.4, -0.2) is 63.7 Å². The second kappa shape index (κ2) is 14.3. The first kappa shape index (κ1) is 34.0. The third kappa shape index (κ3) is 9.51. The summed E-state index contributed by atoms with van der Waals surface area (Å²) in [6.07, 6.45) is 1.18. The molecule has 0 aromatic heterocycles. The van der Waals surface area contributed by atoms with Crippen LogP contribution in [-0.2, 0) is 32.6 Å². The Labute approximate surface area is 263 Å². The number of anilines is 1. The highest BCUT2D eigenvalue weighted by atomic mass is 35.5. The lowest BCUT2D eigenvalue weighted by Gasteiger charge is -2.35. The molecule has 0 saturated carbocycles. The molecule has 1 atom stereocenters. The van der Waals surface area contributed by atoms with Gasteiger partial charge in [0.15, 0.2) is 0 Å². The normalized spacial score (nSPS) is 12.3. The number of rotatable bonds is 12. The summed E-state index contributed by atoms with van der Waals surface area (Å²) in [5, 5.41) is 3.60. The molecule has 3 aromatic rings. The van der Waals surface area contributed by atoms with Gasteiger partial charge in [0.2, 0.25) is 21.8 Å². The summed E-state index contributed by atoms with van der Waals surface area (Å²) in [5.41, 5.74) is 0.976. The fraction of sp³-hybridized carbons (Fsp3) is 0.355. The second-order valence-electron chi connectivity index (χ2n) is 11.0. The maximum absolute atomic E-state index is 14.3. The monoisotopic (exact) mass is 649 g/mol. The number of hydrogen-bond donors (Lipinski definition) is 1. The van der Waals surface area contributed by atoms with E-state index in [0.29, 0.717) is 16.3 Å². The van der Waals surface area contributed by atoms with Crippen LogP contribution in [0.5, 0.6) is 11.5 Å². The number of halogens is 2. The fourth-order valence-electron chi connectivity index (χ4n) is 4.43. The van der Waals surface area contributed by atoms with Crippen molar-refractivity contribution >= 4 is 50.7 Å². The van der Waals surface area contributed by atoms with Gasteiger partial charge in [-0.2, -0.15) is 0 Å². The maximum Gasteiger partial charge on any atom is 0.244 e. The number of sulfonamides is 1. The van der Waals surface area contributed by atoms with Gasteiger partial charge >= 0.3 is 0 Å². The Bertz CT molecular complexity index is 1540. The molecule has 0 fully saturated rings. The summed E-state index contributed by atoms with van der Waals surface area (Å²) in [7, 11) is -1.12. The molecule has 3 rings (SSSR count). The first-order chi connectivity index (χ1) is 20.1. The average Bonchev–Trinajstić information content (AvgIpc) is 2.94. The van der Waals surface area contributed by atoms with Crippen LogP contribution in [0, 0.1) is 0 Å². The van der Waals surface area contributed by atoms with Gasteiger partial charge in [-0.05, 0) is 56.2 Å². The molecule has 0 unspecified atom stereocenters. The van der Waals surface area contributed by atoms with Crippen LogP contribution < -0.4 is 19.1 Å². The van der Waals surface area contributed by atoms with E-state index in [2.05, 4.69) is 5.32 Å². The van der Waals surface area contributed by atoms with E-state index in [0.717, 1.165) is 16.1 Å². The van der Waals surface area contributed by atoms with E-state index < -0.39 is 40.0 Å². The van der Waals surface area contributed by atoms with E-state index in [1.807, 2.05) is 51.1 Å². The molecule has 0 saturated heterocycles. The van der Waals surface area contributed by atoms with Crippen LogP contribution in [0.15, 0.2) is 66.7 Å². The number of ether oxygens (including phenoxy) is 2. The third-order valence-corrected chi connectivity index (χ3v) is 8.31. The van der Waals surface area contributed by atoms with Crippen LogP contribution in [0.3, 0.4) is 0 Å². The number of nitrogens with zero attached hydrogens (tertiary/aromatic N) is 2. The van der Waals surface area contributed by atoms with Crippen molar-refractivity contribution in [1.29, 1.82) is 0 Å². The van der Waals surface area contributed by atoms with E-state index in [-0.39, 0.29) is 29.4 Å². The lowest BCUT2D eigenvalue weighted by Crippen LogP contribution is -2.56. The molecular formula is C31H37Cl2N3O6S. The van der Waals surface area contributed by atoms with Crippen molar-refractivity contribution in [3.8, 4) is 11.5 Å². The SMILES string of the molecule is COc1ccc(N(CC(=O)N(Cc2ccc(Cl)c(Cl)c2)[C@@H](Cc2ccccc2)C(=O)NC(C)(C)C)S(C)(=O)=O)c(OC)c1. The van der Waals surface area contributed by atoms with Crippen molar-refractivity contribution in [2.24, 2.45) is 0 Å². The molecule has 12 heteroatoms. The van der Waals surface area contributed by atoms with Gasteiger partial charge in [-0.25, -0.2) is 8.42 Å². The first-order valence-corrected chi connectivity index (χ1v) is 16.0. The summed E-state index contributed by atoms with van der Waals surface area (Å²) < 4.78 is 37.8. The molecule has 43 heavy (non-hydrogen) atoms. The van der Waals surface area contributed by atoms with Crippen molar-refractivity contribution < 1.29 is 27.5 Å². The highest BCUT2D eigenvalue weighted by Gasteiger charge is 2.35. The largest absolute Gasteiger partial charge is 0.497 e. The molecule has 3 aromatic carbocycles. The van der Waals surface area contributed by atoms with Crippen LogP contribution in [0.2, 0.25) is 10.0 Å². The van der Waals surface area contributed by atoms with Crippen molar-refractivity contribution in [2.75, 3.05) is 31.3 Å². The second-order valence-corrected chi connectivity index (χ2v) is 13.7. The smallest absolute Gasteiger partial charge is 0.244 e. The molecule has 9 nitrogen and oxygen atoms in total. The van der Waals surface area contributed by atoms with E-state index in [1.165, 1.54) is 31.3 Å². The quantitative estimate of drug-likeness (QED) is 0.284. The molecule has 232 valence electrons. The number of hydrogen-bond acceptors (Lipinski definition) is 6. The molecule has 0 spiro atoms. The lowest BCUT2D eigenvalue weighted by molar-refractivity contribution is -0.140. The van der Waals surface area contributed by atoms with Crippen molar-refractivity contribution in [1.82, 2.24) is 10.2 Å². The first-order valence-electron chi connectivity index (χ1n) is 13.4. The standard InChI is InChI=1S/C31H37Cl2N3O6S/c1-31(2,3)34-30(38)27(17-21-10-8-7-9-11-21)35(19-22-12-14-24(32)25(33)16-22)29(37)20-36(43(6,39)40)26-15-13-23(41-4)18-28(26)42-5/h7-16,18,27H,17,19-20H2,1-6H3,(H,34,38)/t27-/m0/s1. The van der Waals surface area contributed by atoms with Gasteiger partial charge in [-0.3, -0.25) is 13.9 Å². The Kier molecular flexibility index (Phi) is 11.3. The lowest BCUT2D eigenvalue weighted by atomic mass is 10.0. The number of nitrogens with one attached hydrogen (secondary N) is 1. The Hall–Kier alpha value is -3.47. The summed E-state index contributed by atoms with van der Waals surface area (Å²) in [6, 6.07) is 17.8. The minimum atomic E-state index is -3.99. The predicted molar refractivity (Wildman–Crippen MR) is 171 cm³/mol. The van der Waals surface area contributed by atoms with E-state index in [4.69, 9.17) is 32.7 Å². The summed E-state index contributed by atoms with van der Waals surface area (Å²) >= 11 is 12.4. The number of carbonyl (C=O) groups is 2. The highest BCUT2D eigenvalue weighted by Crippen LogP contribution is 2.34. The predicted octanol–water partition coefficient (Wildman–Crippen LogP) is 5.33. The van der Waals surface area contributed by atoms with Gasteiger partial charge in [0.05, 0.1) is 36.2 Å². The Balaban J connectivity index is 2.13. The van der Waals surface area contributed by atoms with E-state index in [9.17, 15) is 18.0 Å². The van der Waals surface area contributed by atoms with Crippen LogP contribution in [0.1, 0.15) is 31.9 Å². The zero-order chi connectivity index (χ0) is 31.9. The Morgan fingerprint density at radius 3 is 2.14 bits per heavy atom. The van der Waals surface area contributed by atoms with Crippen LogP contribution in [0.25, 0.3) is 0 Å². The van der Waals surface area contributed by atoms with Gasteiger partial charge in [0.1, 0.15) is 24.1 Å². The van der Waals surface area contributed by atoms with Gasteiger partial charge in [-0.1, -0.05) is 59.6 Å².